The maximum absolute atomic E-state index is 12.4. The first-order valence-electron chi connectivity index (χ1n) is 9.31. The minimum absolute atomic E-state index is 0.0759. The second kappa shape index (κ2) is 9.24. The number of hydrogen-bond acceptors (Lipinski definition) is 5. The predicted octanol–water partition coefficient (Wildman–Crippen LogP) is 4.90. The SMILES string of the molecule is O=C(NCc1ccccc1)c1cccc(OCc2nc(-c3ccccc3Cl)no2)c1. The number of nitrogens with zero attached hydrogens (tertiary/aromatic N) is 2. The topological polar surface area (TPSA) is 77.2 Å². The van der Waals surface area contributed by atoms with E-state index in [0.29, 0.717) is 40.2 Å². The minimum atomic E-state index is -0.178. The lowest BCUT2D eigenvalue weighted by molar-refractivity contribution is 0.0950. The molecule has 0 atom stereocenters. The number of halogens is 1. The second-order valence-corrected chi connectivity index (χ2v) is 6.88. The fourth-order valence-electron chi connectivity index (χ4n) is 2.82. The van der Waals surface area contributed by atoms with E-state index in [4.69, 9.17) is 20.9 Å². The van der Waals surface area contributed by atoms with Crippen molar-refractivity contribution in [3.8, 4) is 17.1 Å². The van der Waals surface area contributed by atoms with Gasteiger partial charge in [-0.1, -0.05) is 65.3 Å². The highest BCUT2D eigenvalue weighted by atomic mass is 35.5. The molecule has 0 radical (unpaired) electrons. The highest BCUT2D eigenvalue weighted by Gasteiger charge is 2.12. The molecular formula is C23H18ClN3O3. The number of nitrogens with one attached hydrogen (secondary N) is 1. The summed E-state index contributed by atoms with van der Waals surface area (Å²) >= 11 is 6.16. The van der Waals surface area contributed by atoms with Crippen LogP contribution in [-0.4, -0.2) is 16.0 Å². The summed E-state index contributed by atoms with van der Waals surface area (Å²) in [4.78, 5) is 16.7. The number of aromatic nitrogens is 2. The van der Waals surface area contributed by atoms with Crippen LogP contribution in [0.1, 0.15) is 21.8 Å². The molecule has 1 aromatic heterocycles. The summed E-state index contributed by atoms with van der Waals surface area (Å²) in [5.41, 5.74) is 2.22. The largest absolute Gasteiger partial charge is 0.484 e. The van der Waals surface area contributed by atoms with Crippen LogP contribution >= 0.6 is 11.6 Å². The Labute approximate surface area is 178 Å². The van der Waals surface area contributed by atoms with Crippen LogP contribution in [0.5, 0.6) is 5.75 Å². The molecule has 0 saturated carbocycles. The van der Waals surface area contributed by atoms with E-state index in [-0.39, 0.29) is 12.5 Å². The van der Waals surface area contributed by atoms with Crippen molar-refractivity contribution < 1.29 is 14.1 Å². The van der Waals surface area contributed by atoms with Gasteiger partial charge in [-0.05, 0) is 35.9 Å². The number of carbonyl (C=O) groups excluding carboxylic acids is 1. The van der Waals surface area contributed by atoms with Gasteiger partial charge in [-0.2, -0.15) is 4.98 Å². The van der Waals surface area contributed by atoms with E-state index in [9.17, 15) is 4.79 Å². The molecule has 3 aromatic carbocycles. The zero-order valence-electron chi connectivity index (χ0n) is 15.9. The maximum Gasteiger partial charge on any atom is 0.264 e. The molecular weight excluding hydrogens is 402 g/mol. The monoisotopic (exact) mass is 419 g/mol. The van der Waals surface area contributed by atoms with Crippen molar-refractivity contribution in [1.29, 1.82) is 0 Å². The molecule has 150 valence electrons. The Hall–Kier alpha value is -3.64. The lowest BCUT2D eigenvalue weighted by Gasteiger charge is -2.08. The van der Waals surface area contributed by atoms with Crippen molar-refractivity contribution in [3.63, 3.8) is 0 Å². The average Bonchev–Trinajstić information content (AvgIpc) is 3.26. The summed E-state index contributed by atoms with van der Waals surface area (Å²) in [7, 11) is 0. The summed E-state index contributed by atoms with van der Waals surface area (Å²) in [5, 5.41) is 7.38. The van der Waals surface area contributed by atoms with Crippen LogP contribution in [0, 0.1) is 0 Å². The molecule has 0 spiro atoms. The molecule has 0 bridgehead atoms. The predicted molar refractivity (Wildman–Crippen MR) is 113 cm³/mol. The van der Waals surface area contributed by atoms with Gasteiger partial charge >= 0.3 is 0 Å². The van der Waals surface area contributed by atoms with Gasteiger partial charge in [0.25, 0.3) is 11.8 Å². The molecule has 7 heteroatoms. The lowest BCUT2D eigenvalue weighted by atomic mass is 10.2. The van der Waals surface area contributed by atoms with E-state index in [1.54, 1.807) is 30.3 Å². The van der Waals surface area contributed by atoms with E-state index in [2.05, 4.69) is 15.5 Å². The molecule has 0 aliphatic rings. The van der Waals surface area contributed by atoms with Crippen LogP contribution in [0.3, 0.4) is 0 Å². The number of ether oxygens (including phenoxy) is 1. The molecule has 1 heterocycles. The number of rotatable bonds is 7. The van der Waals surface area contributed by atoms with Crippen molar-refractivity contribution in [1.82, 2.24) is 15.5 Å². The molecule has 0 saturated heterocycles. The maximum atomic E-state index is 12.4. The zero-order chi connectivity index (χ0) is 20.8. The standard InChI is InChI=1S/C23H18ClN3O3/c24-20-12-5-4-11-19(20)22-26-21(30-27-22)15-29-18-10-6-9-17(13-18)23(28)25-14-16-7-2-1-3-8-16/h1-13H,14-15H2,(H,25,28). The van der Waals surface area contributed by atoms with Gasteiger partial charge < -0.3 is 14.6 Å². The van der Waals surface area contributed by atoms with Crippen LogP contribution in [0.15, 0.2) is 83.4 Å². The normalized spacial score (nSPS) is 10.6. The van der Waals surface area contributed by atoms with Crippen LogP contribution in [0.25, 0.3) is 11.4 Å². The summed E-state index contributed by atoms with van der Waals surface area (Å²) in [6, 6.07) is 23.9. The molecule has 1 N–H and O–H groups in total. The van der Waals surface area contributed by atoms with Gasteiger partial charge in [0.2, 0.25) is 5.82 Å². The van der Waals surface area contributed by atoms with Crippen molar-refractivity contribution >= 4 is 17.5 Å². The highest BCUT2D eigenvalue weighted by Crippen LogP contribution is 2.25. The lowest BCUT2D eigenvalue weighted by Crippen LogP contribution is -2.22. The zero-order valence-corrected chi connectivity index (χ0v) is 16.7. The van der Waals surface area contributed by atoms with Gasteiger partial charge in [-0.15, -0.1) is 0 Å². The summed E-state index contributed by atoms with van der Waals surface area (Å²) in [5.74, 6) is 1.06. The van der Waals surface area contributed by atoms with Gasteiger partial charge in [-0.3, -0.25) is 4.79 Å². The third-order valence-electron chi connectivity index (χ3n) is 4.34. The van der Waals surface area contributed by atoms with E-state index >= 15 is 0 Å². The first kappa shape index (κ1) is 19.7. The third-order valence-corrected chi connectivity index (χ3v) is 4.67. The summed E-state index contributed by atoms with van der Waals surface area (Å²) in [6.45, 7) is 0.532. The molecule has 1 amide bonds. The Morgan fingerprint density at radius 1 is 1.00 bits per heavy atom. The number of hydrogen-bond donors (Lipinski definition) is 1. The molecule has 0 aliphatic carbocycles. The number of benzene rings is 3. The highest BCUT2D eigenvalue weighted by molar-refractivity contribution is 6.33. The van der Waals surface area contributed by atoms with E-state index in [1.807, 2.05) is 48.5 Å². The van der Waals surface area contributed by atoms with Gasteiger partial charge in [0.15, 0.2) is 6.61 Å². The molecule has 6 nitrogen and oxygen atoms in total. The van der Waals surface area contributed by atoms with Crippen LogP contribution in [-0.2, 0) is 13.2 Å². The van der Waals surface area contributed by atoms with Gasteiger partial charge in [0.1, 0.15) is 5.75 Å². The minimum Gasteiger partial charge on any atom is -0.484 e. The summed E-state index contributed by atoms with van der Waals surface area (Å²) < 4.78 is 11.0. The van der Waals surface area contributed by atoms with Gasteiger partial charge in [-0.25, -0.2) is 0 Å². The Bertz CT molecular complexity index is 1150. The fourth-order valence-corrected chi connectivity index (χ4v) is 3.04. The van der Waals surface area contributed by atoms with Crippen molar-refractivity contribution in [2.45, 2.75) is 13.2 Å². The van der Waals surface area contributed by atoms with Crippen LogP contribution in [0.4, 0.5) is 0 Å². The number of amides is 1. The smallest absolute Gasteiger partial charge is 0.264 e. The van der Waals surface area contributed by atoms with Crippen molar-refractivity contribution in [2.75, 3.05) is 0 Å². The van der Waals surface area contributed by atoms with Crippen LogP contribution < -0.4 is 10.1 Å². The quantitative estimate of drug-likeness (QED) is 0.461. The van der Waals surface area contributed by atoms with E-state index < -0.39 is 0 Å². The number of carbonyl (C=O) groups is 1. The molecule has 30 heavy (non-hydrogen) atoms. The second-order valence-electron chi connectivity index (χ2n) is 6.48. The fraction of sp³-hybridized carbons (Fsp3) is 0.0870. The average molecular weight is 420 g/mol. The third kappa shape index (κ3) is 4.85. The molecule has 4 rings (SSSR count). The Balaban J connectivity index is 1.37. The Kier molecular flexibility index (Phi) is 6.06. The molecule has 0 unspecified atom stereocenters. The first-order valence-corrected chi connectivity index (χ1v) is 9.69. The molecule has 0 fully saturated rings. The Morgan fingerprint density at radius 3 is 2.63 bits per heavy atom. The van der Waals surface area contributed by atoms with E-state index in [0.717, 1.165) is 5.56 Å². The van der Waals surface area contributed by atoms with Crippen molar-refractivity contribution in [3.05, 3.63) is 101 Å². The molecule has 0 aliphatic heterocycles. The van der Waals surface area contributed by atoms with Gasteiger partial charge in [0.05, 0.1) is 5.02 Å². The van der Waals surface area contributed by atoms with Crippen LogP contribution in [0.2, 0.25) is 5.02 Å². The van der Waals surface area contributed by atoms with Gasteiger partial charge in [0, 0.05) is 17.7 Å². The van der Waals surface area contributed by atoms with Crippen molar-refractivity contribution in [2.24, 2.45) is 0 Å². The summed E-state index contributed by atoms with van der Waals surface area (Å²) in [6.07, 6.45) is 0. The van der Waals surface area contributed by atoms with E-state index in [1.165, 1.54) is 0 Å². The first-order chi connectivity index (χ1) is 14.7. The molecule has 4 aromatic rings. The Morgan fingerprint density at radius 2 is 1.80 bits per heavy atom.